The minimum absolute atomic E-state index is 0.933. The van der Waals surface area contributed by atoms with Crippen LogP contribution in [0, 0.1) is 12.8 Å². The molecule has 0 heterocycles. The molecule has 0 spiro atoms. The average Bonchev–Trinajstić information content (AvgIpc) is 2.87. The molecule has 0 aliphatic heterocycles. The van der Waals surface area contributed by atoms with E-state index < -0.39 is 0 Å². The number of rotatable bonds is 4. The summed E-state index contributed by atoms with van der Waals surface area (Å²) >= 11 is 1.87. The van der Waals surface area contributed by atoms with Crippen LogP contribution in [0.4, 0.5) is 0 Å². The molecule has 0 unspecified atom stereocenters. The molecule has 1 aliphatic carbocycles. The van der Waals surface area contributed by atoms with Crippen molar-refractivity contribution in [3.8, 4) is 0 Å². The summed E-state index contributed by atoms with van der Waals surface area (Å²) in [5.41, 5.74) is 1.34. The highest BCUT2D eigenvalue weighted by molar-refractivity contribution is 7.97. The fourth-order valence-corrected chi connectivity index (χ4v) is 3.28. The number of aryl methyl sites for hydroxylation is 1. The van der Waals surface area contributed by atoms with Crippen LogP contribution < -0.4 is 0 Å². The lowest BCUT2D eigenvalue weighted by Gasteiger charge is -2.19. The van der Waals surface area contributed by atoms with Gasteiger partial charge in [-0.3, -0.25) is 0 Å². The normalized spacial score (nSPS) is 15.5. The summed E-state index contributed by atoms with van der Waals surface area (Å²) in [6.45, 7) is 9.37. The zero-order valence-electron chi connectivity index (χ0n) is 11.7. The third-order valence-electron chi connectivity index (χ3n) is 3.27. The first kappa shape index (κ1) is 15.3. The molecule has 1 aromatic rings. The van der Waals surface area contributed by atoms with Crippen LogP contribution in [0.25, 0.3) is 0 Å². The van der Waals surface area contributed by atoms with Crippen LogP contribution in [0.2, 0.25) is 0 Å². The van der Waals surface area contributed by atoms with Gasteiger partial charge in [-0.2, -0.15) is 0 Å². The Morgan fingerprint density at radius 3 is 2.28 bits per heavy atom. The lowest BCUT2D eigenvalue weighted by molar-refractivity contribution is 0.421. The second kappa shape index (κ2) is 8.39. The standard InChI is InChI=1S/C14H21NS.C2H4/c1-12-7-9-14(10-8-12)16-15(2)11-13-5-3-4-6-13;1-2/h7-10,13H,3-6,11H2,1-2H3;1-2H2. The van der Waals surface area contributed by atoms with Crippen LogP contribution in [0.1, 0.15) is 31.2 Å². The molecule has 0 aromatic heterocycles. The van der Waals surface area contributed by atoms with Crippen molar-refractivity contribution in [3.05, 3.63) is 43.0 Å². The van der Waals surface area contributed by atoms with Gasteiger partial charge in [0.25, 0.3) is 0 Å². The van der Waals surface area contributed by atoms with Gasteiger partial charge in [-0.15, -0.1) is 13.2 Å². The first-order valence-corrected chi connectivity index (χ1v) is 7.47. The summed E-state index contributed by atoms with van der Waals surface area (Å²) in [7, 11) is 2.21. The third-order valence-corrected chi connectivity index (χ3v) is 4.22. The molecule has 2 rings (SSSR count). The number of nitrogens with zero attached hydrogens (tertiary/aromatic N) is 1. The van der Waals surface area contributed by atoms with Gasteiger partial charge in [-0.25, -0.2) is 4.31 Å². The Kier molecular flexibility index (Phi) is 7.14. The Labute approximate surface area is 116 Å². The summed E-state index contributed by atoms with van der Waals surface area (Å²) < 4.78 is 2.39. The van der Waals surface area contributed by atoms with Crippen molar-refractivity contribution < 1.29 is 0 Å². The van der Waals surface area contributed by atoms with Gasteiger partial charge in [0.15, 0.2) is 0 Å². The molecule has 1 fully saturated rings. The van der Waals surface area contributed by atoms with E-state index in [0.29, 0.717) is 0 Å². The summed E-state index contributed by atoms with van der Waals surface area (Å²) in [5, 5.41) is 0. The molecule has 1 aromatic carbocycles. The Morgan fingerprint density at radius 1 is 1.17 bits per heavy atom. The van der Waals surface area contributed by atoms with Crippen LogP contribution in [-0.4, -0.2) is 17.9 Å². The van der Waals surface area contributed by atoms with Gasteiger partial charge in [0.2, 0.25) is 0 Å². The molecule has 0 atom stereocenters. The van der Waals surface area contributed by atoms with Crippen LogP contribution in [-0.2, 0) is 0 Å². The SMILES string of the molecule is C=C.Cc1ccc(SN(C)CC2CCCC2)cc1. The van der Waals surface area contributed by atoms with Gasteiger partial charge in [-0.05, 0) is 56.8 Å². The van der Waals surface area contributed by atoms with Crippen molar-refractivity contribution in [2.45, 2.75) is 37.5 Å². The molecule has 1 aliphatic rings. The van der Waals surface area contributed by atoms with Crippen LogP contribution in [0.15, 0.2) is 42.3 Å². The highest BCUT2D eigenvalue weighted by atomic mass is 32.2. The second-order valence-electron chi connectivity index (χ2n) is 4.87. The van der Waals surface area contributed by atoms with Crippen LogP contribution >= 0.6 is 11.9 Å². The fourth-order valence-electron chi connectivity index (χ4n) is 2.37. The topological polar surface area (TPSA) is 3.24 Å². The molecule has 0 radical (unpaired) electrons. The first-order valence-electron chi connectivity index (χ1n) is 6.70. The van der Waals surface area contributed by atoms with Crippen LogP contribution in [0.3, 0.4) is 0 Å². The Bertz CT molecular complexity index is 327. The van der Waals surface area contributed by atoms with Gasteiger partial charge < -0.3 is 0 Å². The number of benzene rings is 1. The molecule has 2 heteroatoms. The minimum Gasteiger partial charge on any atom is -0.249 e. The van der Waals surface area contributed by atoms with Crippen LogP contribution in [0.5, 0.6) is 0 Å². The van der Waals surface area contributed by atoms with Gasteiger partial charge in [0.05, 0.1) is 0 Å². The summed E-state index contributed by atoms with van der Waals surface area (Å²) in [6, 6.07) is 8.80. The summed E-state index contributed by atoms with van der Waals surface area (Å²) in [5.74, 6) is 0.933. The maximum atomic E-state index is 3.00. The van der Waals surface area contributed by atoms with Gasteiger partial charge in [0, 0.05) is 11.4 Å². The van der Waals surface area contributed by atoms with Crippen molar-refractivity contribution >= 4 is 11.9 Å². The second-order valence-corrected chi connectivity index (χ2v) is 6.14. The Hall–Kier alpha value is -0.730. The Morgan fingerprint density at radius 2 is 1.72 bits per heavy atom. The minimum atomic E-state index is 0.933. The zero-order chi connectivity index (χ0) is 13.4. The maximum absolute atomic E-state index is 3.00. The molecule has 0 saturated heterocycles. The van der Waals surface area contributed by atoms with E-state index in [9.17, 15) is 0 Å². The van der Waals surface area contributed by atoms with E-state index in [-0.39, 0.29) is 0 Å². The predicted molar refractivity (Wildman–Crippen MR) is 82.9 cm³/mol. The first-order chi connectivity index (χ1) is 8.74. The largest absolute Gasteiger partial charge is 0.249 e. The van der Waals surface area contributed by atoms with Crippen molar-refractivity contribution in [1.82, 2.24) is 4.31 Å². The van der Waals surface area contributed by atoms with E-state index >= 15 is 0 Å². The lowest BCUT2D eigenvalue weighted by Crippen LogP contribution is -2.17. The molecule has 0 bridgehead atoms. The van der Waals surface area contributed by atoms with E-state index in [1.54, 1.807) is 0 Å². The summed E-state index contributed by atoms with van der Waals surface area (Å²) in [6.07, 6.45) is 5.74. The van der Waals surface area contributed by atoms with Crippen molar-refractivity contribution in [2.75, 3.05) is 13.6 Å². The molecule has 0 N–H and O–H groups in total. The van der Waals surface area contributed by atoms with Gasteiger partial charge >= 0.3 is 0 Å². The van der Waals surface area contributed by atoms with Crippen molar-refractivity contribution in [2.24, 2.45) is 5.92 Å². The molecular weight excluding hydrogens is 238 g/mol. The Balaban J connectivity index is 0.000000771. The molecule has 100 valence electrons. The average molecular weight is 263 g/mol. The number of hydrogen-bond acceptors (Lipinski definition) is 2. The third kappa shape index (κ3) is 5.28. The van der Waals surface area contributed by atoms with E-state index in [2.05, 4.69) is 55.7 Å². The zero-order valence-corrected chi connectivity index (χ0v) is 12.5. The van der Waals surface area contributed by atoms with Gasteiger partial charge in [0.1, 0.15) is 0 Å². The van der Waals surface area contributed by atoms with Gasteiger partial charge in [-0.1, -0.05) is 30.5 Å². The highest BCUT2D eigenvalue weighted by Gasteiger charge is 2.17. The molecule has 18 heavy (non-hydrogen) atoms. The summed E-state index contributed by atoms with van der Waals surface area (Å²) in [4.78, 5) is 1.35. The quantitative estimate of drug-likeness (QED) is 0.560. The van der Waals surface area contributed by atoms with E-state index in [4.69, 9.17) is 0 Å². The lowest BCUT2D eigenvalue weighted by atomic mass is 10.1. The molecular formula is C16H25NS. The molecule has 0 amide bonds. The predicted octanol–water partition coefficient (Wildman–Crippen LogP) is 4.93. The highest BCUT2D eigenvalue weighted by Crippen LogP contribution is 2.29. The van der Waals surface area contributed by atoms with E-state index in [1.807, 2.05) is 11.9 Å². The monoisotopic (exact) mass is 263 g/mol. The fraction of sp³-hybridized carbons (Fsp3) is 0.500. The molecule has 1 saturated carbocycles. The number of hydrogen-bond donors (Lipinski definition) is 0. The van der Waals surface area contributed by atoms with Crippen molar-refractivity contribution in [1.29, 1.82) is 0 Å². The van der Waals surface area contributed by atoms with E-state index in [1.165, 1.54) is 42.7 Å². The van der Waals surface area contributed by atoms with E-state index in [0.717, 1.165) is 5.92 Å². The maximum Gasteiger partial charge on any atom is 0.0230 e. The smallest absolute Gasteiger partial charge is 0.0230 e. The molecule has 1 nitrogen and oxygen atoms in total. The van der Waals surface area contributed by atoms with Crippen molar-refractivity contribution in [3.63, 3.8) is 0 Å².